The van der Waals surface area contributed by atoms with E-state index in [0.717, 1.165) is 17.0 Å². The monoisotopic (exact) mass is 227 g/mol. The summed E-state index contributed by atoms with van der Waals surface area (Å²) < 4.78 is 5.68. The maximum Gasteiger partial charge on any atom is 0.220 e. The number of ether oxygens (including phenoxy) is 1. The molecule has 0 saturated heterocycles. The Hall–Kier alpha value is -2.10. The van der Waals surface area contributed by atoms with Gasteiger partial charge >= 0.3 is 0 Å². The summed E-state index contributed by atoms with van der Waals surface area (Å²) in [5.74, 6) is 1.21. The van der Waals surface area contributed by atoms with Gasteiger partial charge in [0.15, 0.2) is 0 Å². The number of aromatic nitrogens is 2. The van der Waals surface area contributed by atoms with Crippen molar-refractivity contribution in [3.05, 3.63) is 36.5 Å². The number of rotatable bonds is 3. The number of nitrogens with zero attached hydrogens (tertiary/aromatic N) is 2. The molecule has 0 aliphatic heterocycles. The van der Waals surface area contributed by atoms with E-state index in [0.29, 0.717) is 12.1 Å². The molecule has 4 nitrogen and oxygen atoms in total. The molecule has 1 heterocycles. The van der Waals surface area contributed by atoms with Gasteiger partial charge < -0.3 is 10.5 Å². The molecule has 2 N–H and O–H groups in total. The van der Waals surface area contributed by atoms with Crippen molar-refractivity contribution in [2.45, 2.75) is 18.9 Å². The standard InChI is InChI=1S/C13H13N3O/c14-13-15-8-7-12(16-13)9-1-3-10(4-2-9)17-11-5-6-11/h1-4,7-8,11H,5-6H2,(H2,14,15,16). The van der Waals surface area contributed by atoms with Crippen molar-refractivity contribution in [3.63, 3.8) is 0 Å². The van der Waals surface area contributed by atoms with Crippen LogP contribution in [0.15, 0.2) is 36.5 Å². The summed E-state index contributed by atoms with van der Waals surface area (Å²) in [5, 5.41) is 0. The van der Waals surface area contributed by atoms with Crippen molar-refractivity contribution in [3.8, 4) is 17.0 Å². The van der Waals surface area contributed by atoms with Crippen LogP contribution in [-0.2, 0) is 0 Å². The zero-order chi connectivity index (χ0) is 11.7. The Labute approximate surface area is 99.5 Å². The summed E-state index contributed by atoms with van der Waals surface area (Å²) in [6.45, 7) is 0. The van der Waals surface area contributed by atoms with Gasteiger partial charge in [-0.2, -0.15) is 0 Å². The second-order valence-corrected chi connectivity index (χ2v) is 4.14. The molecule has 0 radical (unpaired) electrons. The highest BCUT2D eigenvalue weighted by molar-refractivity contribution is 5.60. The Kier molecular flexibility index (Phi) is 2.40. The largest absolute Gasteiger partial charge is 0.490 e. The van der Waals surface area contributed by atoms with Gasteiger partial charge in [0.2, 0.25) is 5.95 Å². The van der Waals surface area contributed by atoms with Crippen LogP contribution in [0.2, 0.25) is 0 Å². The second kappa shape index (κ2) is 4.05. The van der Waals surface area contributed by atoms with Gasteiger partial charge in [0.05, 0.1) is 11.8 Å². The molecular formula is C13H13N3O. The summed E-state index contributed by atoms with van der Waals surface area (Å²) in [5.41, 5.74) is 7.40. The molecule has 3 rings (SSSR count). The van der Waals surface area contributed by atoms with Gasteiger partial charge in [-0.15, -0.1) is 0 Å². The van der Waals surface area contributed by atoms with Gasteiger partial charge in [-0.25, -0.2) is 9.97 Å². The van der Waals surface area contributed by atoms with Crippen LogP contribution in [0.4, 0.5) is 5.95 Å². The lowest BCUT2D eigenvalue weighted by Crippen LogP contribution is -1.96. The molecule has 0 bridgehead atoms. The van der Waals surface area contributed by atoms with Crippen LogP contribution >= 0.6 is 0 Å². The Balaban J connectivity index is 1.83. The topological polar surface area (TPSA) is 61.0 Å². The zero-order valence-electron chi connectivity index (χ0n) is 9.34. The van der Waals surface area contributed by atoms with Crippen LogP contribution in [0.3, 0.4) is 0 Å². The SMILES string of the molecule is Nc1nccc(-c2ccc(OC3CC3)cc2)n1. The quantitative estimate of drug-likeness (QED) is 0.873. The summed E-state index contributed by atoms with van der Waals surface area (Å²) in [7, 11) is 0. The summed E-state index contributed by atoms with van der Waals surface area (Å²) in [6, 6.07) is 9.74. The molecule has 4 heteroatoms. The molecule has 1 aliphatic carbocycles. The van der Waals surface area contributed by atoms with Crippen LogP contribution in [-0.4, -0.2) is 16.1 Å². The highest BCUT2D eigenvalue weighted by Gasteiger charge is 2.23. The van der Waals surface area contributed by atoms with E-state index in [1.807, 2.05) is 30.3 Å². The van der Waals surface area contributed by atoms with Crippen molar-refractivity contribution in [2.24, 2.45) is 0 Å². The molecule has 0 spiro atoms. The maximum absolute atomic E-state index is 5.68. The normalized spacial score (nSPS) is 14.6. The molecule has 86 valence electrons. The highest BCUT2D eigenvalue weighted by atomic mass is 16.5. The van der Waals surface area contributed by atoms with Crippen molar-refractivity contribution >= 4 is 5.95 Å². The summed E-state index contributed by atoms with van der Waals surface area (Å²) in [4.78, 5) is 8.04. The van der Waals surface area contributed by atoms with Crippen LogP contribution in [0, 0.1) is 0 Å². The molecule has 0 atom stereocenters. The number of hydrogen-bond acceptors (Lipinski definition) is 4. The molecule has 0 unspecified atom stereocenters. The Bertz CT molecular complexity index is 520. The fourth-order valence-corrected chi connectivity index (χ4v) is 1.62. The molecule has 1 aromatic carbocycles. The molecule has 1 saturated carbocycles. The summed E-state index contributed by atoms with van der Waals surface area (Å²) >= 11 is 0. The Morgan fingerprint density at radius 3 is 2.53 bits per heavy atom. The van der Waals surface area contributed by atoms with E-state index in [-0.39, 0.29) is 0 Å². The number of anilines is 1. The fourth-order valence-electron chi connectivity index (χ4n) is 1.62. The highest BCUT2D eigenvalue weighted by Crippen LogP contribution is 2.28. The first-order chi connectivity index (χ1) is 8.31. The number of nitrogens with two attached hydrogens (primary N) is 1. The second-order valence-electron chi connectivity index (χ2n) is 4.14. The van der Waals surface area contributed by atoms with Gasteiger partial charge in [-0.3, -0.25) is 0 Å². The minimum Gasteiger partial charge on any atom is -0.490 e. The molecule has 1 aliphatic rings. The fraction of sp³-hybridized carbons (Fsp3) is 0.231. The van der Waals surface area contributed by atoms with Crippen LogP contribution < -0.4 is 10.5 Å². The van der Waals surface area contributed by atoms with E-state index >= 15 is 0 Å². The molecule has 0 amide bonds. The number of nitrogen functional groups attached to an aromatic ring is 1. The minimum absolute atomic E-state index is 0.292. The van der Waals surface area contributed by atoms with Crippen molar-refractivity contribution in [1.82, 2.24) is 9.97 Å². The maximum atomic E-state index is 5.68. The Morgan fingerprint density at radius 1 is 1.12 bits per heavy atom. The van der Waals surface area contributed by atoms with Crippen LogP contribution in [0.1, 0.15) is 12.8 Å². The van der Waals surface area contributed by atoms with E-state index in [1.165, 1.54) is 12.8 Å². The first kappa shape index (κ1) is 10.1. The molecule has 2 aromatic rings. The van der Waals surface area contributed by atoms with E-state index in [9.17, 15) is 0 Å². The third-order valence-corrected chi connectivity index (χ3v) is 2.65. The van der Waals surface area contributed by atoms with E-state index in [1.54, 1.807) is 6.20 Å². The molecule has 17 heavy (non-hydrogen) atoms. The van der Waals surface area contributed by atoms with Crippen molar-refractivity contribution in [1.29, 1.82) is 0 Å². The summed E-state index contributed by atoms with van der Waals surface area (Å²) in [6.07, 6.45) is 4.43. The van der Waals surface area contributed by atoms with Gasteiger partial charge in [0.25, 0.3) is 0 Å². The van der Waals surface area contributed by atoms with E-state index in [4.69, 9.17) is 10.5 Å². The lowest BCUT2D eigenvalue weighted by atomic mass is 10.1. The van der Waals surface area contributed by atoms with Gasteiger partial charge in [-0.05, 0) is 43.2 Å². The lowest BCUT2D eigenvalue weighted by Gasteiger charge is -2.05. The minimum atomic E-state index is 0.292. The average Bonchev–Trinajstić information content (AvgIpc) is 3.14. The van der Waals surface area contributed by atoms with Crippen molar-refractivity contribution in [2.75, 3.05) is 5.73 Å². The number of benzene rings is 1. The van der Waals surface area contributed by atoms with Crippen molar-refractivity contribution < 1.29 is 4.74 Å². The molecule has 1 fully saturated rings. The lowest BCUT2D eigenvalue weighted by molar-refractivity contribution is 0.303. The van der Waals surface area contributed by atoms with E-state index < -0.39 is 0 Å². The van der Waals surface area contributed by atoms with Crippen LogP contribution in [0.5, 0.6) is 5.75 Å². The third kappa shape index (κ3) is 2.36. The van der Waals surface area contributed by atoms with Gasteiger partial charge in [0.1, 0.15) is 5.75 Å². The Morgan fingerprint density at radius 2 is 1.88 bits per heavy atom. The smallest absolute Gasteiger partial charge is 0.220 e. The first-order valence-corrected chi connectivity index (χ1v) is 5.67. The van der Waals surface area contributed by atoms with E-state index in [2.05, 4.69) is 9.97 Å². The van der Waals surface area contributed by atoms with Gasteiger partial charge in [-0.1, -0.05) is 0 Å². The average molecular weight is 227 g/mol. The predicted octanol–water partition coefficient (Wildman–Crippen LogP) is 2.27. The molecule has 1 aromatic heterocycles. The van der Waals surface area contributed by atoms with Crippen LogP contribution in [0.25, 0.3) is 11.3 Å². The zero-order valence-corrected chi connectivity index (χ0v) is 9.34. The third-order valence-electron chi connectivity index (χ3n) is 2.65. The predicted molar refractivity (Wildman–Crippen MR) is 65.5 cm³/mol. The number of hydrogen-bond donors (Lipinski definition) is 1. The van der Waals surface area contributed by atoms with Gasteiger partial charge in [0, 0.05) is 11.8 Å². The molecular weight excluding hydrogens is 214 g/mol. The first-order valence-electron chi connectivity index (χ1n) is 5.67.